The van der Waals surface area contributed by atoms with Gasteiger partial charge in [0.25, 0.3) is 0 Å². The zero-order valence-electron chi connectivity index (χ0n) is 12.0. The third-order valence-electron chi connectivity index (χ3n) is 3.20. The molecule has 0 atom stereocenters. The number of rotatable bonds is 7. The first kappa shape index (κ1) is 14.5. The third-order valence-corrected chi connectivity index (χ3v) is 3.20. The summed E-state index contributed by atoms with van der Waals surface area (Å²) in [5.41, 5.74) is 8.74. The van der Waals surface area contributed by atoms with E-state index in [1.54, 1.807) is 0 Å². The van der Waals surface area contributed by atoms with Gasteiger partial charge in [-0.25, -0.2) is 0 Å². The molecular weight excluding hydrogens is 248 g/mol. The van der Waals surface area contributed by atoms with Crippen LogP contribution in [0.1, 0.15) is 36.7 Å². The first-order chi connectivity index (χ1) is 9.81. The van der Waals surface area contributed by atoms with Gasteiger partial charge in [-0.15, -0.1) is 0 Å². The minimum Gasteiger partial charge on any atom is -0.487 e. The van der Waals surface area contributed by atoms with E-state index in [2.05, 4.69) is 24.0 Å². The van der Waals surface area contributed by atoms with Crippen molar-refractivity contribution in [1.82, 2.24) is 4.98 Å². The topological polar surface area (TPSA) is 48.1 Å². The van der Waals surface area contributed by atoms with E-state index in [0.29, 0.717) is 13.2 Å². The van der Waals surface area contributed by atoms with Gasteiger partial charge in [0, 0.05) is 6.54 Å². The molecule has 2 aromatic rings. The van der Waals surface area contributed by atoms with Gasteiger partial charge in [0.05, 0.1) is 11.4 Å². The van der Waals surface area contributed by atoms with E-state index in [4.69, 9.17) is 10.5 Å². The van der Waals surface area contributed by atoms with E-state index in [1.165, 1.54) is 18.4 Å². The maximum absolute atomic E-state index is 5.75. The van der Waals surface area contributed by atoms with Gasteiger partial charge in [0.15, 0.2) is 0 Å². The van der Waals surface area contributed by atoms with Crippen LogP contribution in [0.15, 0.2) is 42.5 Å². The van der Waals surface area contributed by atoms with Crippen molar-refractivity contribution in [2.24, 2.45) is 5.73 Å². The molecule has 0 bridgehead atoms. The van der Waals surface area contributed by atoms with Gasteiger partial charge in [-0.05, 0) is 42.7 Å². The molecule has 2 N–H and O–H groups in total. The summed E-state index contributed by atoms with van der Waals surface area (Å²) in [5.74, 6) is 0.880. The Balaban J connectivity index is 1.89. The van der Waals surface area contributed by atoms with Gasteiger partial charge in [-0.1, -0.05) is 31.5 Å². The van der Waals surface area contributed by atoms with Crippen LogP contribution in [-0.4, -0.2) is 4.98 Å². The Morgan fingerprint density at radius 3 is 2.50 bits per heavy atom. The maximum Gasteiger partial charge on any atom is 0.130 e. The smallest absolute Gasteiger partial charge is 0.130 e. The summed E-state index contributed by atoms with van der Waals surface area (Å²) in [5, 5.41) is 0. The summed E-state index contributed by atoms with van der Waals surface area (Å²) >= 11 is 0. The molecular formula is C17H22N2O. The Bertz CT molecular complexity index is 523. The van der Waals surface area contributed by atoms with Crippen molar-refractivity contribution in [3.05, 3.63) is 59.4 Å². The number of aryl methyl sites for hydroxylation is 1. The number of benzene rings is 1. The molecule has 1 aromatic heterocycles. The van der Waals surface area contributed by atoms with E-state index >= 15 is 0 Å². The molecule has 0 aliphatic carbocycles. The van der Waals surface area contributed by atoms with Crippen LogP contribution in [-0.2, 0) is 19.6 Å². The molecule has 3 heteroatoms. The van der Waals surface area contributed by atoms with Crippen LogP contribution in [0, 0.1) is 0 Å². The third kappa shape index (κ3) is 4.35. The molecule has 0 amide bonds. The van der Waals surface area contributed by atoms with Gasteiger partial charge < -0.3 is 10.5 Å². The lowest BCUT2D eigenvalue weighted by molar-refractivity contribution is 0.301. The Morgan fingerprint density at radius 2 is 1.80 bits per heavy atom. The first-order valence-electron chi connectivity index (χ1n) is 7.18. The van der Waals surface area contributed by atoms with E-state index in [0.717, 1.165) is 23.6 Å². The van der Waals surface area contributed by atoms with Gasteiger partial charge in [-0.2, -0.15) is 0 Å². The minimum absolute atomic E-state index is 0.458. The summed E-state index contributed by atoms with van der Waals surface area (Å²) in [6, 6.07) is 14.2. The molecule has 0 saturated heterocycles. The van der Waals surface area contributed by atoms with Crippen molar-refractivity contribution >= 4 is 0 Å². The summed E-state index contributed by atoms with van der Waals surface area (Å²) in [6.45, 7) is 3.14. The number of hydrogen-bond acceptors (Lipinski definition) is 3. The quantitative estimate of drug-likeness (QED) is 0.838. The van der Waals surface area contributed by atoms with Gasteiger partial charge >= 0.3 is 0 Å². The highest BCUT2D eigenvalue weighted by Gasteiger charge is 1.99. The molecule has 0 aliphatic heterocycles. The van der Waals surface area contributed by atoms with Crippen LogP contribution < -0.4 is 10.5 Å². The average Bonchev–Trinajstić information content (AvgIpc) is 2.52. The highest BCUT2D eigenvalue weighted by atomic mass is 16.5. The SMILES string of the molecule is CCCCc1ccc(OCc2cccc(CN)n2)cc1. The van der Waals surface area contributed by atoms with E-state index in [9.17, 15) is 0 Å². The zero-order valence-corrected chi connectivity index (χ0v) is 12.0. The monoisotopic (exact) mass is 270 g/mol. The van der Waals surface area contributed by atoms with Crippen molar-refractivity contribution in [2.75, 3.05) is 0 Å². The van der Waals surface area contributed by atoms with Crippen molar-refractivity contribution in [3.8, 4) is 5.75 Å². The Kier molecular flexibility index (Phi) is 5.56. The molecule has 0 fully saturated rings. The molecule has 0 aliphatic rings. The molecule has 0 spiro atoms. The second-order valence-electron chi connectivity index (χ2n) is 4.86. The van der Waals surface area contributed by atoms with Crippen LogP contribution in [0.4, 0.5) is 0 Å². The number of unbranched alkanes of at least 4 members (excludes halogenated alkanes) is 1. The van der Waals surface area contributed by atoms with Gasteiger partial charge in [0.2, 0.25) is 0 Å². The van der Waals surface area contributed by atoms with E-state index in [1.807, 2.05) is 30.3 Å². The largest absolute Gasteiger partial charge is 0.487 e. The maximum atomic E-state index is 5.75. The predicted octanol–water partition coefficient (Wildman–Crippen LogP) is 3.46. The fraction of sp³-hybridized carbons (Fsp3) is 0.353. The molecule has 0 saturated carbocycles. The van der Waals surface area contributed by atoms with Crippen LogP contribution >= 0.6 is 0 Å². The zero-order chi connectivity index (χ0) is 14.2. The van der Waals surface area contributed by atoms with Crippen molar-refractivity contribution in [2.45, 2.75) is 39.3 Å². The standard InChI is InChI=1S/C17H22N2O/c1-2-3-5-14-8-10-17(11-9-14)20-13-16-7-4-6-15(12-18)19-16/h4,6-11H,2-3,5,12-13,18H2,1H3. The first-order valence-corrected chi connectivity index (χ1v) is 7.18. The van der Waals surface area contributed by atoms with Crippen LogP contribution in [0.5, 0.6) is 5.75 Å². The fourth-order valence-corrected chi connectivity index (χ4v) is 2.01. The van der Waals surface area contributed by atoms with Gasteiger partial charge in [0.1, 0.15) is 12.4 Å². The molecule has 1 aromatic carbocycles. The van der Waals surface area contributed by atoms with E-state index < -0.39 is 0 Å². The lowest BCUT2D eigenvalue weighted by atomic mass is 10.1. The minimum atomic E-state index is 0.458. The summed E-state index contributed by atoms with van der Waals surface area (Å²) in [4.78, 5) is 4.41. The lowest BCUT2D eigenvalue weighted by Gasteiger charge is -2.07. The molecule has 20 heavy (non-hydrogen) atoms. The Hall–Kier alpha value is -1.87. The van der Waals surface area contributed by atoms with Crippen LogP contribution in [0.2, 0.25) is 0 Å². The lowest BCUT2D eigenvalue weighted by Crippen LogP contribution is -2.04. The highest BCUT2D eigenvalue weighted by Crippen LogP contribution is 2.15. The van der Waals surface area contributed by atoms with Crippen LogP contribution in [0.3, 0.4) is 0 Å². The Morgan fingerprint density at radius 1 is 1.05 bits per heavy atom. The predicted molar refractivity (Wildman–Crippen MR) is 81.5 cm³/mol. The van der Waals surface area contributed by atoms with Crippen molar-refractivity contribution in [3.63, 3.8) is 0 Å². The molecule has 1 heterocycles. The molecule has 106 valence electrons. The molecule has 0 unspecified atom stereocenters. The molecule has 3 nitrogen and oxygen atoms in total. The summed E-state index contributed by atoms with van der Waals surface area (Å²) < 4.78 is 5.75. The molecule has 2 rings (SSSR count). The Labute approximate surface area is 120 Å². The fourth-order valence-electron chi connectivity index (χ4n) is 2.01. The second kappa shape index (κ2) is 7.65. The second-order valence-corrected chi connectivity index (χ2v) is 4.86. The summed E-state index contributed by atoms with van der Waals surface area (Å²) in [6.07, 6.45) is 3.59. The van der Waals surface area contributed by atoms with Crippen molar-refractivity contribution in [1.29, 1.82) is 0 Å². The number of ether oxygens (including phenoxy) is 1. The highest BCUT2D eigenvalue weighted by molar-refractivity contribution is 5.27. The number of pyridine rings is 1. The van der Waals surface area contributed by atoms with E-state index in [-0.39, 0.29) is 0 Å². The summed E-state index contributed by atoms with van der Waals surface area (Å²) in [7, 11) is 0. The van der Waals surface area contributed by atoms with Gasteiger partial charge in [-0.3, -0.25) is 4.98 Å². The number of hydrogen-bond donors (Lipinski definition) is 1. The van der Waals surface area contributed by atoms with Crippen molar-refractivity contribution < 1.29 is 4.74 Å². The van der Waals surface area contributed by atoms with Crippen LogP contribution in [0.25, 0.3) is 0 Å². The number of nitrogens with zero attached hydrogens (tertiary/aromatic N) is 1. The number of aromatic nitrogens is 1. The normalized spacial score (nSPS) is 10.5. The number of nitrogens with two attached hydrogens (primary N) is 1. The average molecular weight is 270 g/mol. The molecule has 0 radical (unpaired) electrons.